The summed E-state index contributed by atoms with van der Waals surface area (Å²) in [6.45, 7) is 1.90. The number of nitrogens with zero attached hydrogens (tertiary/aromatic N) is 3. The van der Waals surface area contributed by atoms with E-state index >= 15 is 0 Å². The van der Waals surface area contributed by atoms with Crippen molar-refractivity contribution < 1.29 is 14.6 Å². The first-order chi connectivity index (χ1) is 10.1. The summed E-state index contributed by atoms with van der Waals surface area (Å²) in [4.78, 5) is 15.7. The molecule has 6 nitrogen and oxygen atoms in total. The Bertz CT molecular complexity index is 839. The van der Waals surface area contributed by atoms with Gasteiger partial charge in [0.25, 0.3) is 0 Å². The summed E-state index contributed by atoms with van der Waals surface area (Å²) < 4.78 is 6.77. The lowest BCUT2D eigenvalue weighted by atomic mass is 10.1. The van der Waals surface area contributed by atoms with Crippen molar-refractivity contribution >= 4 is 16.9 Å². The van der Waals surface area contributed by atoms with E-state index in [1.807, 2.05) is 6.92 Å². The van der Waals surface area contributed by atoms with Gasteiger partial charge < -0.3 is 9.84 Å². The number of pyridine rings is 1. The number of carboxylic acids is 1. The van der Waals surface area contributed by atoms with Gasteiger partial charge in [0, 0.05) is 17.8 Å². The minimum absolute atomic E-state index is 0.0962. The fraction of sp³-hybridized carbons (Fsp3) is 0.133. The lowest BCUT2D eigenvalue weighted by Crippen LogP contribution is -2.08. The zero-order valence-corrected chi connectivity index (χ0v) is 11.6. The van der Waals surface area contributed by atoms with Crippen LogP contribution in [0.1, 0.15) is 15.9 Å². The van der Waals surface area contributed by atoms with Crippen molar-refractivity contribution in [2.45, 2.75) is 6.92 Å². The molecule has 0 aliphatic heterocycles. The summed E-state index contributed by atoms with van der Waals surface area (Å²) in [6.07, 6.45) is 4.81. The maximum Gasteiger partial charge on any atom is 0.339 e. The number of fused-ring (bicyclic) bond motifs is 1. The molecule has 21 heavy (non-hydrogen) atoms. The number of rotatable bonds is 3. The van der Waals surface area contributed by atoms with Gasteiger partial charge >= 0.3 is 5.97 Å². The fourth-order valence-electron chi connectivity index (χ4n) is 2.22. The molecule has 1 N–H and O–H groups in total. The highest BCUT2D eigenvalue weighted by molar-refractivity contribution is 6.00. The molecule has 0 unspecified atom stereocenters. The summed E-state index contributed by atoms with van der Waals surface area (Å²) >= 11 is 0. The summed E-state index contributed by atoms with van der Waals surface area (Å²) in [5.41, 5.74) is 2.21. The second kappa shape index (κ2) is 4.90. The molecule has 0 aliphatic carbocycles. The third kappa shape index (κ3) is 2.20. The van der Waals surface area contributed by atoms with E-state index in [4.69, 9.17) is 4.74 Å². The van der Waals surface area contributed by atoms with Gasteiger partial charge in [0.1, 0.15) is 11.3 Å². The lowest BCUT2D eigenvalue weighted by Gasteiger charge is -2.11. The number of aryl methyl sites for hydroxylation is 1. The second-order valence-corrected chi connectivity index (χ2v) is 4.67. The van der Waals surface area contributed by atoms with Gasteiger partial charge in [-0.05, 0) is 30.7 Å². The molecule has 0 saturated carbocycles. The van der Waals surface area contributed by atoms with Gasteiger partial charge in [-0.25, -0.2) is 9.48 Å². The molecule has 6 heteroatoms. The van der Waals surface area contributed by atoms with Gasteiger partial charge in [-0.3, -0.25) is 4.98 Å². The molecular weight excluding hydrogens is 270 g/mol. The Labute approximate surface area is 120 Å². The topological polar surface area (TPSA) is 77.2 Å². The molecule has 0 bridgehead atoms. The third-order valence-electron chi connectivity index (χ3n) is 3.22. The average molecular weight is 283 g/mol. The standard InChI is InChI=1S/C15H13N3O3/c1-9-6-17-18(8-9)14-11-5-10(21-2)3-4-13(11)16-7-12(14)15(19)20/h3-8H,1-2H3,(H,19,20). The number of carbonyl (C=O) groups is 1. The van der Waals surface area contributed by atoms with Crippen molar-refractivity contribution in [2.24, 2.45) is 0 Å². The van der Waals surface area contributed by atoms with Gasteiger partial charge in [0.15, 0.2) is 0 Å². The fourth-order valence-corrected chi connectivity index (χ4v) is 2.22. The highest BCUT2D eigenvalue weighted by atomic mass is 16.5. The number of methoxy groups -OCH3 is 1. The number of aromatic nitrogens is 3. The molecule has 0 atom stereocenters. The van der Waals surface area contributed by atoms with Crippen molar-refractivity contribution in [1.29, 1.82) is 0 Å². The second-order valence-electron chi connectivity index (χ2n) is 4.67. The predicted octanol–water partition coefficient (Wildman–Crippen LogP) is 2.44. The first-order valence-corrected chi connectivity index (χ1v) is 6.32. The van der Waals surface area contributed by atoms with E-state index in [1.54, 1.807) is 42.4 Å². The van der Waals surface area contributed by atoms with Crippen molar-refractivity contribution in [3.05, 3.63) is 47.9 Å². The monoisotopic (exact) mass is 283 g/mol. The van der Waals surface area contributed by atoms with Crippen LogP contribution in [0.15, 0.2) is 36.8 Å². The van der Waals surface area contributed by atoms with Crippen LogP contribution < -0.4 is 4.74 Å². The van der Waals surface area contributed by atoms with E-state index in [0.29, 0.717) is 22.3 Å². The normalized spacial score (nSPS) is 10.8. The summed E-state index contributed by atoms with van der Waals surface area (Å²) in [6, 6.07) is 5.34. The molecule has 0 aliphatic rings. The molecule has 2 aromatic heterocycles. The number of hydrogen-bond acceptors (Lipinski definition) is 4. The van der Waals surface area contributed by atoms with Gasteiger partial charge in [0.2, 0.25) is 0 Å². The Kier molecular flexibility index (Phi) is 3.06. The van der Waals surface area contributed by atoms with E-state index in [-0.39, 0.29) is 5.56 Å². The lowest BCUT2D eigenvalue weighted by molar-refractivity contribution is 0.0696. The largest absolute Gasteiger partial charge is 0.497 e. The first kappa shape index (κ1) is 13.1. The smallest absolute Gasteiger partial charge is 0.339 e. The van der Waals surface area contributed by atoms with E-state index in [0.717, 1.165) is 5.56 Å². The van der Waals surface area contributed by atoms with E-state index in [9.17, 15) is 9.90 Å². The van der Waals surface area contributed by atoms with Crippen LogP contribution >= 0.6 is 0 Å². The zero-order valence-electron chi connectivity index (χ0n) is 11.6. The summed E-state index contributed by atoms with van der Waals surface area (Å²) in [5, 5.41) is 14.3. The molecule has 0 amide bonds. The SMILES string of the molecule is COc1ccc2ncc(C(=O)O)c(-n3cc(C)cn3)c2c1. The Morgan fingerprint density at radius 2 is 2.14 bits per heavy atom. The van der Waals surface area contributed by atoms with Crippen LogP contribution in [0.5, 0.6) is 5.75 Å². The Morgan fingerprint density at radius 3 is 2.76 bits per heavy atom. The van der Waals surface area contributed by atoms with E-state index in [1.165, 1.54) is 6.20 Å². The van der Waals surface area contributed by atoms with Gasteiger partial charge in [-0.15, -0.1) is 0 Å². The van der Waals surface area contributed by atoms with Crippen LogP contribution in [-0.4, -0.2) is 33.0 Å². The molecule has 0 spiro atoms. The molecular formula is C15H13N3O3. The van der Waals surface area contributed by atoms with E-state index in [2.05, 4.69) is 10.1 Å². The van der Waals surface area contributed by atoms with Crippen LogP contribution in [0, 0.1) is 6.92 Å². The van der Waals surface area contributed by atoms with Crippen LogP contribution in [0.3, 0.4) is 0 Å². The Balaban J connectivity index is 2.40. The maximum atomic E-state index is 11.5. The highest BCUT2D eigenvalue weighted by Crippen LogP contribution is 2.28. The first-order valence-electron chi connectivity index (χ1n) is 6.32. The Hall–Kier alpha value is -2.89. The molecule has 106 valence electrons. The van der Waals surface area contributed by atoms with Crippen molar-refractivity contribution in [1.82, 2.24) is 14.8 Å². The summed E-state index contributed by atoms with van der Waals surface area (Å²) in [7, 11) is 1.56. The number of aromatic carboxylic acids is 1. The predicted molar refractivity (Wildman–Crippen MR) is 77.1 cm³/mol. The van der Waals surface area contributed by atoms with Crippen molar-refractivity contribution in [3.63, 3.8) is 0 Å². The molecule has 1 aromatic carbocycles. The van der Waals surface area contributed by atoms with Crippen LogP contribution in [-0.2, 0) is 0 Å². The molecule has 3 rings (SSSR count). The molecule has 2 heterocycles. The quantitative estimate of drug-likeness (QED) is 0.798. The molecule has 0 radical (unpaired) electrons. The van der Waals surface area contributed by atoms with Gasteiger partial charge in [-0.2, -0.15) is 5.10 Å². The van der Waals surface area contributed by atoms with Crippen LogP contribution in [0.25, 0.3) is 16.6 Å². The van der Waals surface area contributed by atoms with E-state index < -0.39 is 5.97 Å². The van der Waals surface area contributed by atoms with Crippen LogP contribution in [0.4, 0.5) is 0 Å². The van der Waals surface area contributed by atoms with Crippen molar-refractivity contribution in [2.75, 3.05) is 7.11 Å². The third-order valence-corrected chi connectivity index (χ3v) is 3.22. The zero-order chi connectivity index (χ0) is 15.0. The average Bonchev–Trinajstić information content (AvgIpc) is 2.91. The van der Waals surface area contributed by atoms with Gasteiger partial charge in [-0.1, -0.05) is 0 Å². The minimum atomic E-state index is -1.05. The number of hydrogen-bond donors (Lipinski definition) is 1. The number of ether oxygens (including phenoxy) is 1. The molecule has 0 fully saturated rings. The van der Waals surface area contributed by atoms with Crippen LogP contribution in [0.2, 0.25) is 0 Å². The van der Waals surface area contributed by atoms with Gasteiger partial charge in [0.05, 0.1) is 24.5 Å². The maximum absolute atomic E-state index is 11.5. The number of carboxylic acid groups (broad SMARTS) is 1. The minimum Gasteiger partial charge on any atom is -0.497 e. The molecule has 3 aromatic rings. The summed E-state index contributed by atoms with van der Waals surface area (Å²) in [5.74, 6) is -0.410. The highest BCUT2D eigenvalue weighted by Gasteiger charge is 2.17. The number of benzene rings is 1. The molecule has 0 saturated heterocycles. The van der Waals surface area contributed by atoms with Crippen molar-refractivity contribution in [3.8, 4) is 11.4 Å². The Morgan fingerprint density at radius 1 is 1.33 bits per heavy atom.